The van der Waals surface area contributed by atoms with E-state index in [1.54, 1.807) is 5.38 Å². The van der Waals surface area contributed by atoms with Gasteiger partial charge in [-0.2, -0.15) is 4.31 Å². The van der Waals surface area contributed by atoms with Gasteiger partial charge < -0.3 is 9.64 Å². The largest absolute Gasteiger partial charge is 0.379 e. The number of sulfonamides is 1. The van der Waals surface area contributed by atoms with Crippen molar-refractivity contribution in [2.24, 2.45) is 5.92 Å². The molecular formula is C15H22N2O4S2. The standard InChI is InChI=1S/C15H22N2O4S2/c1-12-2-4-16(5-3-12)15(18)13-10-14(22-11-13)23(19,20)17-6-8-21-9-7-17/h10-12H,2-9H2,1H3. The van der Waals surface area contributed by atoms with Gasteiger partial charge in [0.05, 0.1) is 18.8 Å². The summed E-state index contributed by atoms with van der Waals surface area (Å²) in [7, 11) is -3.51. The van der Waals surface area contributed by atoms with Crippen molar-refractivity contribution >= 4 is 27.3 Å². The van der Waals surface area contributed by atoms with Gasteiger partial charge in [0, 0.05) is 31.6 Å². The van der Waals surface area contributed by atoms with Crippen molar-refractivity contribution in [2.75, 3.05) is 39.4 Å². The summed E-state index contributed by atoms with van der Waals surface area (Å²) < 4.78 is 32.1. The monoisotopic (exact) mass is 358 g/mol. The van der Waals surface area contributed by atoms with Gasteiger partial charge in [-0.05, 0) is 24.8 Å². The van der Waals surface area contributed by atoms with Gasteiger partial charge in [0.25, 0.3) is 15.9 Å². The minimum atomic E-state index is -3.51. The van der Waals surface area contributed by atoms with Crippen LogP contribution < -0.4 is 0 Å². The number of nitrogens with zero attached hydrogens (tertiary/aromatic N) is 2. The Bertz CT molecular complexity index is 657. The van der Waals surface area contributed by atoms with Crippen LogP contribution in [0.2, 0.25) is 0 Å². The van der Waals surface area contributed by atoms with E-state index in [4.69, 9.17) is 4.74 Å². The summed E-state index contributed by atoms with van der Waals surface area (Å²) in [5, 5.41) is 1.66. The van der Waals surface area contributed by atoms with Crippen LogP contribution in [0.25, 0.3) is 0 Å². The van der Waals surface area contributed by atoms with Crippen LogP contribution in [0, 0.1) is 5.92 Å². The average molecular weight is 358 g/mol. The maximum Gasteiger partial charge on any atom is 0.254 e. The predicted molar refractivity (Wildman–Crippen MR) is 88.2 cm³/mol. The minimum absolute atomic E-state index is 0.0587. The summed E-state index contributed by atoms with van der Waals surface area (Å²) in [5.74, 6) is 0.593. The van der Waals surface area contributed by atoms with E-state index in [0.717, 1.165) is 37.3 Å². The van der Waals surface area contributed by atoms with E-state index in [2.05, 4.69) is 6.92 Å². The molecule has 1 aromatic heterocycles. The molecule has 1 amide bonds. The zero-order valence-corrected chi connectivity index (χ0v) is 14.9. The first-order chi connectivity index (χ1) is 11.0. The molecule has 0 atom stereocenters. The van der Waals surface area contributed by atoms with Gasteiger partial charge in [0.2, 0.25) is 0 Å². The topological polar surface area (TPSA) is 66.9 Å². The van der Waals surface area contributed by atoms with E-state index in [-0.39, 0.29) is 10.1 Å². The van der Waals surface area contributed by atoms with Crippen molar-refractivity contribution in [3.05, 3.63) is 17.0 Å². The molecule has 2 saturated heterocycles. The number of carbonyl (C=O) groups excluding carboxylic acids is 1. The maximum atomic E-state index is 12.6. The fraction of sp³-hybridized carbons (Fsp3) is 0.667. The highest BCUT2D eigenvalue weighted by Crippen LogP contribution is 2.26. The quantitative estimate of drug-likeness (QED) is 0.824. The molecule has 2 aliphatic rings. The molecule has 0 saturated carbocycles. The summed E-state index contributed by atoms with van der Waals surface area (Å²) in [6.07, 6.45) is 2.02. The fourth-order valence-electron chi connectivity index (χ4n) is 2.87. The molecule has 23 heavy (non-hydrogen) atoms. The Morgan fingerprint density at radius 2 is 1.87 bits per heavy atom. The Hall–Kier alpha value is -0.960. The third-order valence-electron chi connectivity index (χ3n) is 4.46. The number of likely N-dealkylation sites (tertiary alicyclic amines) is 1. The summed E-state index contributed by atoms with van der Waals surface area (Å²) in [4.78, 5) is 14.4. The van der Waals surface area contributed by atoms with Gasteiger partial charge in [-0.25, -0.2) is 8.42 Å². The molecule has 3 heterocycles. The molecule has 2 aliphatic heterocycles. The van der Waals surface area contributed by atoms with Crippen LogP contribution in [0.4, 0.5) is 0 Å². The van der Waals surface area contributed by atoms with E-state index in [1.807, 2.05) is 4.90 Å². The van der Waals surface area contributed by atoms with Crippen molar-refractivity contribution in [2.45, 2.75) is 24.0 Å². The normalized spacial score (nSPS) is 21.5. The minimum Gasteiger partial charge on any atom is -0.379 e. The van der Waals surface area contributed by atoms with Crippen LogP contribution in [0.1, 0.15) is 30.1 Å². The lowest BCUT2D eigenvalue weighted by Crippen LogP contribution is -2.40. The number of ether oxygens (including phenoxy) is 1. The van der Waals surface area contributed by atoms with Crippen molar-refractivity contribution in [3.8, 4) is 0 Å². The molecule has 3 rings (SSSR count). The van der Waals surface area contributed by atoms with Crippen LogP contribution in [0.15, 0.2) is 15.7 Å². The molecule has 0 radical (unpaired) electrons. The number of piperidine rings is 1. The number of hydrogen-bond acceptors (Lipinski definition) is 5. The Kier molecular flexibility index (Phi) is 5.05. The molecule has 0 N–H and O–H groups in total. The zero-order chi connectivity index (χ0) is 16.4. The molecule has 128 valence electrons. The Balaban J connectivity index is 1.73. The van der Waals surface area contributed by atoms with Crippen LogP contribution in [-0.2, 0) is 14.8 Å². The van der Waals surface area contributed by atoms with Crippen LogP contribution in [-0.4, -0.2) is 62.9 Å². The van der Waals surface area contributed by atoms with Gasteiger partial charge in [-0.3, -0.25) is 4.79 Å². The summed E-state index contributed by atoms with van der Waals surface area (Å²) in [5.41, 5.74) is 0.483. The molecule has 0 bridgehead atoms. The van der Waals surface area contributed by atoms with Crippen LogP contribution >= 0.6 is 11.3 Å². The predicted octanol–water partition coefficient (Wildman–Crippen LogP) is 1.64. The summed E-state index contributed by atoms with van der Waals surface area (Å²) >= 11 is 1.13. The molecule has 1 aromatic rings. The number of hydrogen-bond donors (Lipinski definition) is 0. The number of amides is 1. The van der Waals surface area contributed by atoms with Crippen molar-refractivity contribution in [3.63, 3.8) is 0 Å². The molecule has 8 heteroatoms. The van der Waals surface area contributed by atoms with Crippen LogP contribution in [0.3, 0.4) is 0 Å². The first-order valence-electron chi connectivity index (χ1n) is 7.94. The lowest BCUT2D eigenvalue weighted by atomic mass is 9.99. The van der Waals surface area contributed by atoms with Crippen LogP contribution in [0.5, 0.6) is 0 Å². The van der Waals surface area contributed by atoms with E-state index in [9.17, 15) is 13.2 Å². The lowest BCUT2D eigenvalue weighted by Gasteiger charge is -2.30. The molecule has 6 nitrogen and oxygen atoms in total. The Morgan fingerprint density at radius 3 is 2.52 bits per heavy atom. The number of carbonyl (C=O) groups is 1. The van der Waals surface area contributed by atoms with E-state index < -0.39 is 10.0 Å². The fourth-order valence-corrected chi connectivity index (χ4v) is 5.59. The second kappa shape index (κ2) is 6.88. The van der Waals surface area contributed by atoms with Gasteiger partial charge in [0.15, 0.2) is 0 Å². The van der Waals surface area contributed by atoms with Gasteiger partial charge in [-0.15, -0.1) is 11.3 Å². The number of morpholine rings is 1. The lowest BCUT2D eigenvalue weighted by molar-refractivity contribution is 0.0697. The smallest absolute Gasteiger partial charge is 0.254 e. The molecule has 2 fully saturated rings. The highest BCUT2D eigenvalue weighted by atomic mass is 32.2. The zero-order valence-electron chi connectivity index (χ0n) is 13.2. The molecular weight excluding hydrogens is 336 g/mol. The van der Waals surface area contributed by atoms with Crippen molar-refractivity contribution in [1.29, 1.82) is 0 Å². The maximum absolute atomic E-state index is 12.6. The third kappa shape index (κ3) is 3.60. The van der Waals surface area contributed by atoms with Gasteiger partial charge >= 0.3 is 0 Å². The Labute approximate surface area is 141 Å². The second-order valence-corrected chi connectivity index (χ2v) is 9.22. The van der Waals surface area contributed by atoms with Crippen molar-refractivity contribution < 1.29 is 17.9 Å². The molecule has 0 aromatic carbocycles. The average Bonchev–Trinajstić information content (AvgIpc) is 3.06. The summed E-state index contributed by atoms with van der Waals surface area (Å²) in [6.45, 7) is 5.27. The van der Waals surface area contributed by atoms with E-state index in [1.165, 1.54) is 10.4 Å². The SMILES string of the molecule is CC1CCN(C(=O)c2csc(S(=O)(=O)N3CCOCC3)c2)CC1. The second-order valence-electron chi connectivity index (χ2n) is 6.15. The number of thiophene rings is 1. The first-order valence-corrected chi connectivity index (χ1v) is 10.3. The van der Waals surface area contributed by atoms with E-state index in [0.29, 0.717) is 37.8 Å². The van der Waals surface area contributed by atoms with E-state index >= 15 is 0 Å². The summed E-state index contributed by atoms with van der Waals surface area (Å²) in [6, 6.07) is 1.52. The van der Waals surface area contributed by atoms with Gasteiger partial charge in [-0.1, -0.05) is 6.92 Å². The Morgan fingerprint density at radius 1 is 1.22 bits per heavy atom. The number of rotatable bonds is 3. The molecule has 0 aliphatic carbocycles. The highest BCUT2D eigenvalue weighted by molar-refractivity contribution is 7.91. The third-order valence-corrected chi connectivity index (χ3v) is 7.77. The molecule has 0 spiro atoms. The van der Waals surface area contributed by atoms with Crippen molar-refractivity contribution in [1.82, 2.24) is 9.21 Å². The van der Waals surface area contributed by atoms with Gasteiger partial charge in [0.1, 0.15) is 4.21 Å². The highest BCUT2D eigenvalue weighted by Gasteiger charge is 2.29. The first kappa shape index (κ1) is 16.9. The molecule has 0 unspecified atom stereocenters.